The molecule has 3 rings (SSSR count). The first kappa shape index (κ1) is 13.5. The van der Waals surface area contributed by atoms with Crippen molar-refractivity contribution >= 4 is 5.91 Å². The summed E-state index contributed by atoms with van der Waals surface area (Å²) in [5, 5.41) is 11.5. The van der Waals surface area contributed by atoms with Gasteiger partial charge < -0.3 is 10.2 Å². The minimum Gasteiger partial charge on any atom is -0.339 e. The number of hydrogen-bond acceptors (Lipinski definition) is 4. The summed E-state index contributed by atoms with van der Waals surface area (Å²) in [7, 11) is 3.73. The van der Waals surface area contributed by atoms with Crippen LogP contribution in [0.5, 0.6) is 0 Å². The summed E-state index contributed by atoms with van der Waals surface area (Å²) in [6, 6.07) is 0.369. The lowest BCUT2D eigenvalue weighted by Gasteiger charge is -2.40. The third-order valence-electron chi connectivity index (χ3n) is 4.82. The fourth-order valence-electron chi connectivity index (χ4n) is 3.83. The number of aryl methyl sites for hydroxylation is 1. The Balaban J connectivity index is 1.73. The van der Waals surface area contributed by atoms with Crippen LogP contribution in [0.3, 0.4) is 0 Å². The summed E-state index contributed by atoms with van der Waals surface area (Å²) in [5.74, 6) is 0.276. The summed E-state index contributed by atoms with van der Waals surface area (Å²) in [6.45, 7) is 1.51. The van der Waals surface area contributed by atoms with E-state index in [9.17, 15) is 4.79 Å². The second-order valence-corrected chi connectivity index (χ2v) is 6.20. The molecule has 1 aromatic heterocycles. The van der Waals surface area contributed by atoms with Crippen molar-refractivity contribution in [3.05, 3.63) is 11.9 Å². The predicted octanol–water partition coefficient (Wildman–Crippen LogP) is 0.696. The van der Waals surface area contributed by atoms with Gasteiger partial charge in [0.15, 0.2) is 0 Å². The molecule has 1 amide bonds. The first-order valence-electron chi connectivity index (χ1n) is 7.46. The summed E-state index contributed by atoms with van der Waals surface area (Å²) >= 11 is 0. The van der Waals surface area contributed by atoms with Crippen LogP contribution in [-0.2, 0) is 18.4 Å². The van der Waals surface area contributed by atoms with Crippen LogP contribution in [0, 0.1) is 5.41 Å². The highest BCUT2D eigenvalue weighted by molar-refractivity contribution is 5.84. The van der Waals surface area contributed by atoms with E-state index in [2.05, 4.69) is 15.6 Å². The Morgan fingerprint density at radius 1 is 1.55 bits per heavy atom. The molecule has 2 aliphatic rings. The molecule has 110 valence electrons. The number of aromatic nitrogens is 3. The maximum Gasteiger partial charge on any atom is 0.230 e. The summed E-state index contributed by atoms with van der Waals surface area (Å²) in [6.07, 6.45) is 7.40. The molecule has 6 heteroatoms. The monoisotopic (exact) mass is 277 g/mol. The van der Waals surface area contributed by atoms with E-state index in [0.717, 1.165) is 31.5 Å². The highest BCUT2D eigenvalue weighted by Crippen LogP contribution is 2.44. The number of carbonyl (C=O) groups excluding carboxylic acids is 1. The van der Waals surface area contributed by atoms with Gasteiger partial charge >= 0.3 is 0 Å². The zero-order valence-electron chi connectivity index (χ0n) is 12.3. The molecule has 0 spiro atoms. The maximum absolute atomic E-state index is 12.9. The van der Waals surface area contributed by atoms with Gasteiger partial charge in [-0.25, -0.2) is 0 Å². The van der Waals surface area contributed by atoms with E-state index in [1.807, 2.05) is 25.2 Å². The molecule has 1 saturated carbocycles. The summed E-state index contributed by atoms with van der Waals surface area (Å²) in [4.78, 5) is 14.8. The summed E-state index contributed by atoms with van der Waals surface area (Å²) in [5.41, 5.74) is 0.674. The Bertz CT molecular complexity index is 500. The fraction of sp³-hybridized carbons (Fsp3) is 0.786. The molecule has 2 atom stereocenters. The Morgan fingerprint density at radius 2 is 2.40 bits per heavy atom. The quantitative estimate of drug-likeness (QED) is 0.883. The third kappa shape index (κ3) is 2.22. The number of fused-ring (bicyclic) bond motifs is 1. The van der Waals surface area contributed by atoms with Crippen molar-refractivity contribution in [2.24, 2.45) is 12.5 Å². The van der Waals surface area contributed by atoms with E-state index >= 15 is 0 Å². The molecule has 1 saturated heterocycles. The lowest BCUT2D eigenvalue weighted by Crippen LogP contribution is -2.50. The van der Waals surface area contributed by atoms with E-state index in [4.69, 9.17) is 0 Å². The molecule has 1 aliphatic heterocycles. The predicted molar refractivity (Wildman–Crippen MR) is 74.8 cm³/mol. The Morgan fingerprint density at radius 3 is 3.15 bits per heavy atom. The van der Waals surface area contributed by atoms with Gasteiger partial charge in [0.2, 0.25) is 5.91 Å². The molecule has 6 nitrogen and oxygen atoms in total. The van der Waals surface area contributed by atoms with Crippen molar-refractivity contribution < 1.29 is 4.79 Å². The zero-order valence-corrected chi connectivity index (χ0v) is 12.3. The Labute approximate surface area is 119 Å². The standard InChI is InChI=1S/C14H23N5O/c1-18(9-11-10-19(2)17-16-11)13(20)14-6-4-3-5-12(14)15-8-7-14/h10,12,15H,3-9H2,1-2H3/t12-,14+/m0/s1. The Kier molecular flexibility index (Phi) is 3.50. The molecule has 2 fully saturated rings. The van der Waals surface area contributed by atoms with Crippen LogP contribution >= 0.6 is 0 Å². The number of nitrogens with zero attached hydrogens (tertiary/aromatic N) is 4. The zero-order chi connectivity index (χ0) is 14.2. The van der Waals surface area contributed by atoms with E-state index in [1.165, 1.54) is 12.8 Å². The Hall–Kier alpha value is -1.43. The third-order valence-corrected chi connectivity index (χ3v) is 4.82. The van der Waals surface area contributed by atoms with Crippen LogP contribution < -0.4 is 5.32 Å². The SMILES string of the molecule is CN(Cc1cn(C)nn1)C(=O)[C@@]12CCCC[C@@H]1NCC2. The number of nitrogens with one attached hydrogen (secondary N) is 1. The lowest BCUT2D eigenvalue weighted by molar-refractivity contribution is -0.143. The van der Waals surface area contributed by atoms with Gasteiger partial charge in [-0.15, -0.1) is 5.10 Å². The van der Waals surface area contributed by atoms with Crippen LogP contribution in [0.4, 0.5) is 0 Å². The van der Waals surface area contributed by atoms with E-state index in [0.29, 0.717) is 12.6 Å². The van der Waals surface area contributed by atoms with Crippen LogP contribution in [0.1, 0.15) is 37.8 Å². The number of rotatable bonds is 3. The van der Waals surface area contributed by atoms with Crippen LogP contribution in [0.2, 0.25) is 0 Å². The molecule has 20 heavy (non-hydrogen) atoms. The van der Waals surface area contributed by atoms with E-state index < -0.39 is 0 Å². The van der Waals surface area contributed by atoms with Gasteiger partial charge in [0.25, 0.3) is 0 Å². The minimum absolute atomic E-state index is 0.171. The van der Waals surface area contributed by atoms with Gasteiger partial charge in [-0.2, -0.15) is 0 Å². The molecule has 1 N–H and O–H groups in total. The van der Waals surface area contributed by atoms with Crippen LogP contribution in [0.15, 0.2) is 6.20 Å². The largest absolute Gasteiger partial charge is 0.339 e. The first-order valence-corrected chi connectivity index (χ1v) is 7.46. The van der Waals surface area contributed by atoms with E-state index in [-0.39, 0.29) is 11.3 Å². The minimum atomic E-state index is -0.171. The highest BCUT2D eigenvalue weighted by atomic mass is 16.2. The molecular weight excluding hydrogens is 254 g/mol. The molecule has 1 aliphatic carbocycles. The second kappa shape index (κ2) is 5.16. The fourth-order valence-corrected chi connectivity index (χ4v) is 3.83. The normalized spacial score (nSPS) is 29.2. The van der Waals surface area contributed by atoms with Gasteiger partial charge in [-0.3, -0.25) is 9.48 Å². The first-order chi connectivity index (χ1) is 9.62. The molecule has 0 radical (unpaired) electrons. The number of hydrogen-bond donors (Lipinski definition) is 1. The van der Waals surface area contributed by atoms with Crippen LogP contribution in [-0.4, -0.2) is 45.4 Å². The van der Waals surface area contributed by atoms with Crippen LogP contribution in [0.25, 0.3) is 0 Å². The van der Waals surface area contributed by atoms with Gasteiger partial charge in [0.05, 0.1) is 12.0 Å². The van der Waals surface area contributed by atoms with Gasteiger partial charge in [0, 0.05) is 26.3 Å². The molecule has 0 aromatic carbocycles. The number of carbonyl (C=O) groups is 1. The lowest BCUT2D eigenvalue weighted by atomic mass is 9.69. The van der Waals surface area contributed by atoms with Crippen molar-refractivity contribution in [1.82, 2.24) is 25.2 Å². The molecule has 0 unspecified atom stereocenters. The van der Waals surface area contributed by atoms with E-state index in [1.54, 1.807) is 4.68 Å². The van der Waals surface area contributed by atoms with Crippen molar-refractivity contribution in [2.75, 3.05) is 13.6 Å². The molecule has 0 bridgehead atoms. The average molecular weight is 277 g/mol. The number of amides is 1. The highest BCUT2D eigenvalue weighted by Gasteiger charge is 2.50. The van der Waals surface area contributed by atoms with Gasteiger partial charge in [-0.05, 0) is 25.8 Å². The average Bonchev–Trinajstić information content (AvgIpc) is 3.04. The van der Waals surface area contributed by atoms with Gasteiger partial charge in [-0.1, -0.05) is 18.1 Å². The van der Waals surface area contributed by atoms with Crippen molar-refractivity contribution in [3.8, 4) is 0 Å². The summed E-state index contributed by atoms with van der Waals surface area (Å²) < 4.78 is 1.67. The van der Waals surface area contributed by atoms with Gasteiger partial charge in [0.1, 0.15) is 5.69 Å². The van der Waals surface area contributed by atoms with Crippen molar-refractivity contribution in [1.29, 1.82) is 0 Å². The smallest absolute Gasteiger partial charge is 0.230 e. The second-order valence-electron chi connectivity index (χ2n) is 6.20. The topological polar surface area (TPSA) is 63.1 Å². The maximum atomic E-state index is 12.9. The van der Waals surface area contributed by atoms with Crippen molar-refractivity contribution in [2.45, 2.75) is 44.7 Å². The van der Waals surface area contributed by atoms with Crippen molar-refractivity contribution in [3.63, 3.8) is 0 Å². The molecule has 1 aromatic rings. The molecule has 2 heterocycles. The molecular formula is C14H23N5O.